The number of anilines is 2. The van der Waals surface area contributed by atoms with Crippen molar-refractivity contribution >= 4 is 17.2 Å². The molecule has 0 amide bonds. The van der Waals surface area contributed by atoms with Gasteiger partial charge in [0.15, 0.2) is 5.78 Å². The Morgan fingerprint density at radius 2 is 2.21 bits per heavy atom. The van der Waals surface area contributed by atoms with Gasteiger partial charge < -0.3 is 15.4 Å². The van der Waals surface area contributed by atoms with E-state index in [0.29, 0.717) is 17.2 Å². The predicted molar refractivity (Wildman–Crippen MR) is 77.6 cm³/mol. The summed E-state index contributed by atoms with van der Waals surface area (Å²) in [5.74, 6) is 0.584. The number of rotatable bonds is 3. The molecule has 1 heterocycles. The third-order valence-electron chi connectivity index (χ3n) is 3.97. The molecule has 0 aliphatic carbocycles. The van der Waals surface area contributed by atoms with Crippen molar-refractivity contribution in [3.63, 3.8) is 0 Å². The van der Waals surface area contributed by atoms with Crippen LogP contribution in [0.25, 0.3) is 0 Å². The summed E-state index contributed by atoms with van der Waals surface area (Å²) in [7, 11) is 1.76. The van der Waals surface area contributed by atoms with Crippen LogP contribution in [0.2, 0.25) is 0 Å². The van der Waals surface area contributed by atoms with Gasteiger partial charge in [-0.15, -0.1) is 0 Å². The summed E-state index contributed by atoms with van der Waals surface area (Å²) in [6, 6.07) is 5.67. The fourth-order valence-corrected chi connectivity index (χ4v) is 2.64. The van der Waals surface area contributed by atoms with E-state index < -0.39 is 0 Å². The van der Waals surface area contributed by atoms with Crippen LogP contribution in [0.5, 0.6) is 0 Å². The number of hydrogen-bond acceptors (Lipinski definition) is 4. The van der Waals surface area contributed by atoms with Gasteiger partial charge in [-0.05, 0) is 37.5 Å². The molecule has 0 aromatic heterocycles. The zero-order valence-corrected chi connectivity index (χ0v) is 11.8. The first kappa shape index (κ1) is 13.9. The molecule has 1 aliphatic rings. The number of methoxy groups -OCH3 is 1. The van der Waals surface area contributed by atoms with E-state index in [4.69, 9.17) is 10.5 Å². The van der Waals surface area contributed by atoms with Gasteiger partial charge in [-0.3, -0.25) is 4.79 Å². The molecule has 1 saturated heterocycles. The van der Waals surface area contributed by atoms with Gasteiger partial charge in [-0.1, -0.05) is 6.92 Å². The van der Waals surface area contributed by atoms with Crippen molar-refractivity contribution in [1.29, 1.82) is 0 Å². The normalized spacial score (nSPS) is 23.4. The Kier molecular flexibility index (Phi) is 4.10. The highest BCUT2D eigenvalue weighted by Crippen LogP contribution is 2.27. The maximum atomic E-state index is 11.4. The third kappa shape index (κ3) is 2.89. The number of Topliss-reactive ketones (excluding diaryl/α,β-unsaturated/α-hetero) is 1. The summed E-state index contributed by atoms with van der Waals surface area (Å²) >= 11 is 0. The van der Waals surface area contributed by atoms with Crippen LogP contribution >= 0.6 is 0 Å². The topological polar surface area (TPSA) is 55.6 Å². The van der Waals surface area contributed by atoms with Crippen LogP contribution in [-0.4, -0.2) is 32.1 Å². The Morgan fingerprint density at radius 3 is 2.79 bits per heavy atom. The van der Waals surface area contributed by atoms with Crippen molar-refractivity contribution in [2.45, 2.75) is 26.4 Å². The minimum Gasteiger partial charge on any atom is -0.398 e. The molecule has 0 spiro atoms. The van der Waals surface area contributed by atoms with Crippen molar-refractivity contribution in [1.82, 2.24) is 0 Å². The Balaban J connectivity index is 2.18. The first-order valence-corrected chi connectivity index (χ1v) is 6.71. The molecule has 0 bridgehead atoms. The first-order valence-electron chi connectivity index (χ1n) is 6.71. The summed E-state index contributed by atoms with van der Waals surface area (Å²) in [6.45, 7) is 5.63. The molecule has 4 heteroatoms. The number of carbonyl (C=O) groups excluding carboxylic acids is 1. The van der Waals surface area contributed by atoms with Crippen molar-refractivity contribution in [3.8, 4) is 0 Å². The van der Waals surface area contributed by atoms with Gasteiger partial charge in [0.2, 0.25) is 0 Å². The van der Waals surface area contributed by atoms with E-state index in [1.165, 1.54) is 6.92 Å². The molecule has 1 aromatic carbocycles. The van der Waals surface area contributed by atoms with Gasteiger partial charge in [0.25, 0.3) is 0 Å². The summed E-state index contributed by atoms with van der Waals surface area (Å²) in [6.07, 6.45) is 1.36. The SMILES string of the molecule is COC1CN(c2ccc(C(C)=O)c(N)c2)CCC1C. The van der Waals surface area contributed by atoms with E-state index in [2.05, 4.69) is 11.8 Å². The molecule has 0 saturated carbocycles. The highest BCUT2D eigenvalue weighted by atomic mass is 16.5. The lowest BCUT2D eigenvalue weighted by Crippen LogP contribution is -2.43. The quantitative estimate of drug-likeness (QED) is 0.671. The van der Waals surface area contributed by atoms with Gasteiger partial charge in [0, 0.05) is 37.1 Å². The minimum absolute atomic E-state index is 0.00563. The zero-order chi connectivity index (χ0) is 14.0. The molecular formula is C15H22N2O2. The molecule has 19 heavy (non-hydrogen) atoms. The van der Waals surface area contributed by atoms with Crippen LogP contribution in [0.4, 0.5) is 11.4 Å². The average Bonchev–Trinajstić information content (AvgIpc) is 2.38. The summed E-state index contributed by atoms with van der Waals surface area (Å²) in [5, 5.41) is 0. The second kappa shape index (κ2) is 5.61. The number of nitrogen functional groups attached to an aromatic ring is 1. The summed E-state index contributed by atoms with van der Waals surface area (Å²) in [5.41, 5.74) is 8.16. The maximum Gasteiger partial charge on any atom is 0.161 e. The van der Waals surface area contributed by atoms with Crippen LogP contribution < -0.4 is 10.6 Å². The van der Waals surface area contributed by atoms with Crippen molar-refractivity contribution in [3.05, 3.63) is 23.8 Å². The number of piperidine rings is 1. The fraction of sp³-hybridized carbons (Fsp3) is 0.533. The van der Waals surface area contributed by atoms with E-state index in [1.54, 1.807) is 7.11 Å². The molecule has 2 N–H and O–H groups in total. The Labute approximate surface area is 114 Å². The molecule has 104 valence electrons. The van der Waals surface area contributed by atoms with E-state index in [0.717, 1.165) is 25.2 Å². The number of ketones is 1. The summed E-state index contributed by atoms with van der Waals surface area (Å²) in [4.78, 5) is 13.7. The van der Waals surface area contributed by atoms with E-state index in [9.17, 15) is 4.79 Å². The van der Waals surface area contributed by atoms with Crippen LogP contribution in [0.3, 0.4) is 0 Å². The Bertz CT molecular complexity index is 473. The standard InChI is InChI=1S/C15H22N2O2/c1-10-6-7-17(9-15(10)19-3)12-4-5-13(11(2)18)14(16)8-12/h4-5,8,10,15H,6-7,9,16H2,1-3H3. The summed E-state index contributed by atoms with van der Waals surface area (Å²) < 4.78 is 5.52. The molecule has 2 rings (SSSR count). The predicted octanol–water partition coefficient (Wildman–Crippen LogP) is 2.33. The van der Waals surface area contributed by atoms with E-state index in [-0.39, 0.29) is 11.9 Å². The third-order valence-corrected chi connectivity index (χ3v) is 3.97. The molecule has 2 unspecified atom stereocenters. The van der Waals surface area contributed by atoms with Crippen LogP contribution in [-0.2, 0) is 4.74 Å². The van der Waals surface area contributed by atoms with Crippen LogP contribution in [0.15, 0.2) is 18.2 Å². The largest absolute Gasteiger partial charge is 0.398 e. The molecule has 0 radical (unpaired) electrons. The minimum atomic E-state index is 0.00563. The lowest BCUT2D eigenvalue weighted by molar-refractivity contribution is 0.0498. The lowest BCUT2D eigenvalue weighted by Gasteiger charge is -2.37. The highest BCUT2D eigenvalue weighted by Gasteiger charge is 2.26. The van der Waals surface area contributed by atoms with Gasteiger partial charge >= 0.3 is 0 Å². The number of nitrogens with two attached hydrogens (primary N) is 1. The number of nitrogens with zero attached hydrogens (tertiary/aromatic N) is 1. The second-order valence-corrected chi connectivity index (χ2v) is 5.31. The van der Waals surface area contributed by atoms with Gasteiger partial charge in [0.05, 0.1) is 6.10 Å². The maximum absolute atomic E-state index is 11.4. The van der Waals surface area contributed by atoms with Gasteiger partial charge in [0.1, 0.15) is 0 Å². The number of carbonyl (C=O) groups is 1. The molecular weight excluding hydrogens is 240 g/mol. The van der Waals surface area contributed by atoms with Gasteiger partial charge in [-0.25, -0.2) is 0 Å². The Morgan fingerprint density at radius 1 is 1.47 bits per heavy atom. The van der Waals surface area contributed by atoms with Crippen LogP contribution in [0, 0.1) is 5.92 Å². The average molecular weight is 262 g/mol. The smallest absolute Gasteiger partial charge is 0.161 e. The lowest BCUT2D eigenvalue weighted by atomic mass is 9.95. The highest BCUT2D eigenvalue weighted by molar-refractivity contribution is 5.99. The fourth-order valence-electron chi connectivity index (χ4n) is 2.64. The number of hydrogen-bond donors (Lipinski definition) is 1. The van der Waals surface area contributed by atoms with Crippen LogP contribution in [0.1, 0.15) is 30.6 Å². The monoisotopic (exact) mass is 262 g/mol. The zero-order valence-electron chi connectivity index (χ0n) is 11.8. The molecule has 1 aliphatic heterocycles. The molecule has 1 fully saturated rings. The first-order chi connectivity index (χ1) is 9.02. The Hall–Kier alpha value is -1.55. The second-order valence-electron chi connectivity index (χ2n) is 5.31. The number of benzene rings is 1. The van der Waals surface area contributed by atoms with Crippen molar-refractivity contribution in [2.75, 3.05) is 30.8 Å². The van der Waals surface area contributed by atoms with Crippen molar-refractivity contribution < 1.29 is 9.53 Å². The van der Waals surface area contributed by atoms with E-state index >= 15 is 0 Å². The van der Waals surface area contributed by atoms with Gasteiger partial charge in [-0.2, -0.15) is 0 Å². The molecule has 1 aromatic rings. The van der Waals surface area contributed by atoms with Crippen molar-refractivity contribution in [2.24, 2.45) is 5.92 Å². The molecule has 2 atom stereocenters. The molecule has 4 nitrogen and oxygen atoms in total. The van der Waals surface area contributed by atoms with E-state index in [1.807, 2.05) is 18.2 Å². The number of ether oxygens (including phenoxy) is 1.